The van der Waals surface area contributed by atoms with Gasteiger partial charge in [-0.05, 0) is 27.7 Å². The van der Waals surface area contributed by atoms with E-state index in [4.69, 9.17) is 28.4 Å². The molecule has 11 heteroatoms. The fourth-order valence-corrected chi connectivity index (χ4v) is 3.81. The molecule has 4 aliphatic rings. The number of rotatable bonds is 3. The van der Waals surface area contributed by atoms with Gasteiger partial charge in [0.2, 0.25) is 0 Å². The van der Waals surface area contributed by atoms with Crippen LogP contribution in [0, 0.1) is 0 Å². The quantitative estimate of drug-likeness (QED) is 0.706. The normalized spacial score (nSPS) is 42.9. The van der Waals surface area contributed by atoms with Crippen LogP contribution in [0.4, 0.5) is 13.2 Å². The number of alkyl halides is 3. The van der Waals surface area contributed by atoms with E-state index in [0.29, 0.717) is 0 Å². The van der Waals surface area contributed by atoms with E-state index in [0.717, 1.165) is 0 Å². The minimum Gasteiger partial charge on any atom is -0.371 e. The topological polar surface area (TPSA) is 87.8 Å². The highest BCUT2D eigenvalue weighted by molar-refractivity contribution is 5.82. The van der Waals surface area contributed by atoms with Gasteiger partial charge in [0.1, 0.15) is 30.5 Å². The largest absolute Gasteiger partial charge is 0.471 e. The molecule has 4 fully saturated rings. The molecule has 4 rings (SSSR count). The molecule has 7 atom stereocenters. The molecule has 27 heavy (non-hydrogen) atoms. The highest BCUT2D eigenvalue weighted by Crippen LogP contribution is 2.45. The Morgan fingerprint density at radius 3 is 2.15 bits per heavy atom. The highest BCUT2D eigenvalue weighted by Gasteiger charge is 2.63. The fourth-order valence-electron chi connectivity index (χ4n) is 3.81. The number of epoxide rings is 1. The van der Waals surface area contributed by atoms with Crippen LogP contribution in [0.2, 0.25) is 0 Å². The molecule has 4 heterocycles. The van der Waals surface area contributed by atoms with E-state index in [2.05, 4.69) is 0 Å². The van der Waals surface area contributed by atoms with Gasteiger partial charge < -0.3 is 33.7 Å². The van der Waals surface area contributed by atoms with Gasteiger partial charge in [-0.2, -0.15) is 13.2 Å². The molecule has 4 aliphatic heterocycles. The van der Waals surface area contributed by atoms with Gasteiger partial charge in [0.25, 0.3) is 0 Å². The second-order valence-corrected chi connectivity index (χ2v) is 8.00. The summed E-state index contributed by atoms with van der Waals surface area (Å²) in [7, 11) is 0. The molecule has 1 amide bonds. The third kappa shape index (κ3) is 3.68. The predicted octanol–water partition coefficient (Wildman–Crippen LogP) is 0.829. The van der Waals surface area contributed by atoms with Crippen LogP contribution >= 0.6 is 0 Å². The number of halogens is 3. The second-order valence-electron chi connectivity index (χ2n) is 8.00. The average Bonchev–Trinajstić information content (AvgIpc) is 3.21. The van der Waals surface area contributed by atoms with Gasteiger partial charge in [-0.15, -0.1) is 0 Å². The summed E-state index contributed by atoms with van der Waals surface area (Å²) in [6.45, 7) is 6.99. The van der Waals surface area contributed by atoms with Gasteiger partial charge >= 0.3 is 12.1 Å². The molecule has 0 aliphatic carbocycles. The molecule has 0 bridgehead atoms. The number of carbonyl (C=O) groups is 1. The van der Waals surface area contributed by atoms with E-state index in [1.165, 1.54) is 0 Å². The Kier molecular flexibility index (Phi) is 4.30. The lowest BCUT2D eigenvalue weighted by Gasteiger charge is -2.40. The lowest BCUT2D eigenvalue weighted by Crippen LogP contribution is -2.63. The molecule has 1 N–H and O–H groups in total. The van der Waals surface area contributed by atoms with E-state index in [9.17, 15) is 18.0 Å². The maximum absolute atomic E-state index is 12.8. The molecule has 0 saturated carbocycles. The second kappa shape index (κ2) is 6.01. The first kappa shape index (κ1) is 19.3. The van der Waals surface area contributed by atoms with Crippen molar-refractivity contribution in [3.8, 4) is 0 Å². The molecule has 0 aromatic rings. The summed E-state index contributed by atoms with van der Waals surface area (Å²) in [6, 6.07) is -1.07. The standard InChI is InChI=1S/C16H22F3NO7/c1-14(2)24-9-8(7(6-5-22-6)20-13(21)16(17,18)19)23-12-11(10(9)25-14)26-15(3,4)27-12/h6-12H,5H2,1-4H3,(H,20,21)/t6-,7+,8-,9+,10+,11-,12-/m1/s1. The van der Waals surface area contributed by atoms with Crippen LogP contribution in [-0.4, -0.2) is 73.1 Å². The van der Waals surface area contributed by atoms with Crippen molar-refractivity contribution in [3.05, 3.63) is 0 Å². The van der Waals surface area contributed by atoms with Gasteiger partial charge in [-0.3, -0.25) is 4.79 Å². The summed E-state index contributed by atoms with van der Waals surface area (Å²) in [5.74, 6) is -4.01. The van der Waals surface area contributed by atoms with Crippen molar-refractivity contribution in [2.45, 2.75) is 88.3 Å². The van der Waals surface area contributed by atoms with Crippen LogP contribution in [0.5, 0.6) is 0 Å². The summed E-state index contributed by atoms with van der Waals surface area (Å²) in [4.78, 5) is 11.5. The zero-order valence-electron chi connectivity index (χ0n) is 15.2. The first-order valence-electron chi connectivity index (χ1n) is 8.72. The van der Waals surface area contributed by atoms with Gasteiger partial charge in [0.15, 0.2) is 17.9 Å². The van der Waals surface area contributed by atoms with E-state index in [1.807, 2.05) is 5.32 Å². The lowest BCUT2D eigenvalue weighted by atomic mass is 9.92. The molecule has 0 aromatic carbocycles. The summed E-state index contributed by atoms with van der Waals surface area (Å²) in [5.41, 5.74) is 0. The van der Waals surface area contributed by atoms with Crippen molar-refractivity contribution < 1.29 is 46.4 Å². The number of amides is 1. The van der Waals surface area contributed by atoms with Crippen molar-refractivity contribution in [1.82, 2.24) is 5.32 Å². The Labute approximate surface area is 153 Å². The van der Waals surface area contributed by atoms with E-state index < -0.39 is 66.5 Å². The number of ether oxygens (including phenoxy) is 6. The van der Waals surface area contributed by atoms with Crippen LogP contribution in [0.1, 0.15) is 27.7 Å². The number of carbonyl (C=O) groups excluding carboxylic acids is 1. The van der Waals surface area contributed by atoms with Crippen LogP contribution in [0.3, 0.4) is 0 Å². The summed E-state index contributed by atoms with van der Waals surface area (Å²) < 4.78 is 72.8. The average molecular weight is 397 g/mol. The minimum absolute atomic E-state index is 0.210. The Hall–Kier alpha value is -0.980. The van der Waals surface area contributed by atoms with Crippen LogP contribution in [0.25, 0.3) is 0 Å². The smallest absolute Gasteiger partial charge is 0.371 e. The Morgan fingerprint density at radius 2 is 1.56 bits per heavy atom. The maximum Gasteiger partial charge on any atom is 0.471 e. The molecular formula is C16H22F3NO7. The monoisotopic (exact) mass is 397 g/mol. The number of fused-ring (bicyclic) bond motifs is 3. The minimum atomic E-state index is -5.02. The highest BCUT2D eigenvalue weighted by atomic mass is 19.4. The summed E-state index contributed by atoms with van der Waals surface area (Å²) in [5, 5.41) is 1.98. The third-order valence-electron chi connectivity index (χ3n) is 4.86. The van der Waals surface area contributed by atoms with Crippen molar-refractivity contribution >= 4 is 5.91 Å². The lowest BCUT2D eigenvalue weighted by molar-refractivity contribution is -0.241. The molecule has 154 valence electrons. The van der Waals surface area contributed by atoms with Gasteiger partial charge in [-0.25, -0.2) is 0 Å². The van der Waals surface area contributed by atoms with Crippen LogP contribution < -0.4 is 5.32 Å². The van der Waals surface area contributed by atoms with Crippen LogP contribution in [-0.2, 0) is 33.2 Å². The molecule has 0 radical (unpaired) electrons. The van der Waals surface area contributed by atoms with E-state index in [-0.39, 0.29) is 6.61 Å². The van der Waals surface area contributed by atoms with Gasteiger partial charge in [-0.1, -0.05) is 0 Å². The predicted molar refractivity (Wildman–Crippen MR) is 80.2 cm³/mol. The number of hydrogen-bond acceptors (Lipinski definition) is 7. The third-order valence-corrected chi connectivity index (χ3v) is 4.86. The zero-order chi connectivity index (χ0) is 19.8. The number of hydrogen-bond donors (Lipinski definition) is 1. The summed E-state index contributed by atoms with van der Waals surface area (Å²) >= 11 is 0. The first-order valence-corrected chi connectivity index (χ1v) is 8.72. The summed E-state index contributed by atoms with van der Waals surface area (Å²) in [6.07, 6.45) is -9.47. The molecular weight excluding hydrogens is 375 g/mol. The van der Waals surface area contributed by atoms with Gasteiger partial charge in [0, 0.05) is 0 Å². The Morgan fingerprint density at radius 1 is 1.00 bits per heavy atom. The van der Waals surface area contributed by atoms with E-state index in [1.54, 1.807) is 27.7 Å². The fraction of sp³-hybridized carbons (Fsp3) is 0.938. The van der Waals surface area contributed by atoms with Gasteiger partial charge in [0.05, 0.1) is 12.6 Å². The van der Waals surface area contributed by atoms with Crippen molar-refractivity contribution in [2.75, 3.05) is 6.61 Å². The SMILES string of the molecule is CC1(C)O[C@@H]2[C@H](O1)[C@H]1OC(C)(C)O[C@H]1O[C@@H]2[C@@H](NC(=O)C(F)(F)F)[C@H]1CO1. The molecule has 0 aromatic heterocycles. The molecule has 0 spiro atoms. The van der Waals surface area contributed by atoms with Crippen molar-refractivity contribution in [3.63, 3.8) is 0 Å². The zero-order valence-corrected chi connectivity index (χ0v) is 15.2. The molecule has 0 unspecified atom stereocenters. The van der Waals surface area contributed by atoms with Crippen molar-refractivity contribution in [2.24, 2.45) is 0 Å². The molecule has 4 saturated heterocycles. The molecule has 8 nitrogen and oxygen atoms in total. The Bertz CT molecular complexity index is 622. The Balaban J connectivity index is 1.61. The first-order chi connectivity index (χ1) is 12.4. The van der Waals surface area contributed by atoms with Crippen LogP contribution in [0.15, 0.2) is 0 Å². The maximum atomic E-state index is 12.8. The van der Waals surface area contributed by atoms with E-state index >= 15 is 0 Å². The number of nitrogens with one attached hydrogen (secondary N) is 1. The van der Waals surface area contributed by atoms with Crippen molar-refractivity contribution in [1.29, 1.82) is 0 Å².